The van der Waals surface area contributed by atoms with Gasteiger partial charge in [0.15, 0.2) is 0 Å². The maximum atomic E-state index is 12.5. The van der Waals surface area contributed by atoms with Crippen LogP contribution in [-0.2, 0) is 6.54 Å². The van der Waals surface area contributed by atoms with E-state index in [1.165, 1.54) is 17.1 Å². The van der Waals surface area contributed by atoms with Gasteiger partial charge in [-0.05, 0) is 42.9 Å². The summed E-state index contributed by atoms with van der Waals surface area (Å²) in [5.74, 6) is 0.0517. The molecule has 0 atom stereocenters. The molecule has 23 heavy (non-hydrogen) atoms. The predicted octanol–water partition coefficient (Wildman–Crippen LogP) is 3.19. The molecule has 0 bridgehead atoms. The van der Waals surface area contributed by atoms with E-state index in [1.807, 2.05) is 24.9 Å². The molecule has 1 fully saturated rings. The van der Waals surface area contributed by atoms with Crippen molar-refractivity contribution in [1.29, 1.82) is 0 Å². The highest BCUT2D eigenvalue weighted by Gasteiger charge is 2.26. The number of aromatic nitrogens is 1. The van der Waals surface area contributed by atoms with Crippen molar-refractivity contribution in [3.63, 3.8) is 0 Å². The summed E-state index contributed by atoms with van der Waals surface area (Å²) < 4.78 is 4.24. The molecule has 1 saturated heterocycles. The van der Waals surface area contributed by atoms with Gasteiger partial charge >= 0.3 is 0 Å². The fourth-order valence-electron chi connectivity index (χ4n) is 3.12. The van der Waals surface area contributed by atoms with Crippen LogP contribution in [0.25, 0.3) is 0 Å². The number of nitrogens with zero attached hydrogens (tertiary/aromatic N) is 3. The Morgan fingerprint density at radius 3 is 2.61 bits per heavy atom. The number of benzene rings is 1. The molecule has 5 heteroatoms. The number of carbonyl (C=O) groups is 1. The average molecular weight is 329 g/mol. The molecule has 2 heterocycles. The lowest BCUT2D eigenvalue weighted by Crippen LogP contribution is -2.45. The van der Waals surface area contributed by atoms with E-state index in [-0.39, 0.29) is 5.91 Å². The second kappa shape index (κ2) is 7.23. The van der Waals surface area contributed by atoms with Gasteiger partial charge in [-0.25, -0.2) is 0 Å². The summed E-state index contributed by atoms with van der Waals surface area (Å²) in [7, 11) is 1.91. The zero-order chi connectivity index (χ0) is 16.2. The topological polar surface area (TPSA) is 36.4 Å². The Balaban J connectivity index is 1.53. The van der Waals surface area contributed by atoms with E-state index >= 15 is 0 Å². The summed E-state index contributed by atoms with van der Waals surface area (Å²) >= 11 is 1.39. The van der Waals surface area contributed by atoms with Crippen molar-refractivity contribution in [2.75, 3.05) is 20.1 Å². The Kier molecular flexibility index (Phi) is 5.08. The Bertz CT molecular complexity index is 647. The molecule has 1 aromatic heterocycles. The number of hydrogen-bond acceptors (Lipinski definition) is 4. The first-order chi connectivity index (χ1) is 11.1. The third-order valence-electron chi connectivity index (χ3n) is 4.52. The van der Waals surface area contributed by atoms with E-state index in [9.17, 15) is 4.79 Å². The van der Waals surface area contributed by atoms with Crippen LogP contribution in [0.5, 0.6) is 0 Å². The van der Waals surface area contributed by atoms with Crippen molar-refractivity contribution >= 4 is 17.4 Å². The van der Waals surface area contributed by atoms with Crippen LogP contribution in [0.3, 0.4) is 0 Å². The molecule has 0 aliphatic carbocycles. The van der Waals surface area contributed by atoms with Crippen molar-refractivity contribution in [2.45, 2.75) is 32.4 Å². The third-order valence-corrected chi connectivity index (χ3v) is 5.22. The predicted molar refractivity (Wildman–Crippen MR) is 93.7 cm³/mol. The number of likely N-dealkylation sites (tertiary alicyclic amines) is 1. The van der Waals surface area contributed by atoms with Crippen LogP contribution in [0.2, 0.25) is 0 Å². The molecule has 0 radical (unpaired) electrons. The van der Waals surface area contributed by atoms with Gasteiger partial charge in [-0.3, -0.25) is 9.69 Å². The van der Waals surface area contributed by atoms with Crippen molar-refractivity contribution in [2.24, 2.45) is 0 Å². The molecular weight excluding hydrogens is 306 g/mol. The lowest BCUT2D eigenvalue weighted by atomic mass is 10.0. The van der Waals surface area contributed by atoms with Gasteiger partial charge < -0.3 is 4.90 Å². The van der Waals surface area contributed by atoms with Gasteiger partial charge in [0.2, 0.25) is 0 Å². The normalized spacial score (nSPS) is 16.4. The van der Waals surface area contributed by atoms with Crippen molar-refractivity contribution < 1.29 is 4.79 Å². The molecule has 3 rings (SSSR count). The minimum Gasteiger partial charge on any atom is -0.337 e. The van der Waals surface area contributed by atoms with Gasteiger partial charge in [-0.1, -0.05) is 30.3 Å². The van der Waals surface area contributed by atoms with Crippen LogP contribution >= 0.6 is 11.5 Å². The number of carbonyl (C=O) groups excluding carboxylic acids is 1. The quantitative estimate of drug-likeness (QED) is 0.864. The molecule has 1 aromatic carbocycles. The molecule has 1 aliphatic heterocycles. The molecule has 0 saturated carbocycles. The van der Waals surface area contributed by atoms with Crippen LogP contribution in [0.1, 0.15) is 33.8 Å². The number of piperidine rings is 1. The average Bonchev–Trinajstić information content (AvgIpc) is 3.02. The van der Waals surface area contributed by atoms with E-state index in [4.69, 9.17) is 0 Å². The largest absolute Gasteiger partial charge is 0.337 e. The Morgan fingerprint density at radius 2 is 2.00 bits per heavy atom. The highest BCUT2D eigenvalue weighted by molar-refractivity contribution is 7.05. The van der Waals surface area contributed by atoms with Crippen molar-refractivity contribution in [1.82, 2.24) is 14.2 Å². The number of amides is 1. The summed E-state index contributed by atoms with van der Waals surface area (Å²) in [4.78, 5) is 17.9. The summed E-state index contributed by atoms with van der Waals surface area (Å²) in [6, 6.07) is 12.8. The zero-order valence-electron chi connectivity index (χ0n) is 13.7. The molecule has 2 aromatic rings. The second-order valence-electron chi connectivity index (χ2n) is 6.23. The van der Waals surface area contributed by atoms with Gasteiger partial charge in [-0.15, -0.1) is 0 Å². The molecule has 1 aliphatic rings. The second-order valence-corrected chi connectivity index (χ2v) is 7.24. The number of hydrogen-bond donors (Lipinski definition) is 0. The monoisotopic (exact) mass is 329 g/mol. The standard InChI is InChI=1S/C18H23N3OS/c1-14-12-17(19-23-14)18(22)20(2)16-8-10-21(11-9-16)13-15-6-4-3-5-7-15/h3-7,12,16H,8-11,13H2,1-2H3. The first-order valence-electron chi connectivity index (χ1n) is 8.10. The van der Waals surface area contributed by atoms with E-state index in [0.29, 0.717) is 11.7 Å². The van der Waals surface area contributed by atoms with Crippen molar-refractivity contribution in [3.05, 3.63) is 52.5 Å². The summed E-state index contributed by atoms with van der Waals surface area (Å²) in [6.45, 7) is 5.05. The molecule has 0 spiro atoms. The molecule has 0 unspecified atom stereocenters. The van der Waals surface area contributed by atoms with Gasteiger partial charge in [0.05, 0.1) is 0 Å². The molecule has 122 valence electrons. The highest BCUT2D eigenvalue weighted by Crippen LogP contribution is 2.20. The van der Waals surface area contributed by atoms with Gasteiger partial charge in [0, 0.05) is 37.6 Å². The fourth-order valence-corrected chi connectivity index (χ4v) is 3.66. The molecule has 1 amide bonds. The van der Waals surface area contributed by atoms with E-state index in [1.54, 1.807) is 0 Å². The third kappa shape index (κ3) is 3.98. The van der Waals surface area contributed by atoms with E-state index in [2.05, 4.69) is 39.6 Å². The van der Waals surface area contributed by atoms with E-state index < -0.39 is 0 Å². The Hall–Kier alpha value is -1.72. The number of aryl methyl sites for hydroxylation is 1. The smallest absolute Gasteiger partial charge is 0.273 e. The fraction of sp³-hybridized carbons (Fsp3) is 0.444. The minimum absolute atomic E-state index is 0.0517. The SMILES string of the molecule is Cc1cc(C(=O)N(C)C2CCN(Cc3ccccc3)CC2)ns1. The summed E-state index contributed by atoms with van der Waals surface area (Å²) in [5, 5.41) is 0. The van der Waals surface area contributed by atoms with Crippen LogP contribution in [0.4, 0.5) is 0 Å². The zero-order valence-corrected chi connectivity index (χ0v) is 14.6. The van der Waals surface area contributed by atoms with Crippen LogP contribution in [0.15, 0.2) is 36.4 Å². The maximum absolute atomic E-state index is 12.5. The highest BCUT2D eigenvalue weighted by atomic mass is 32.1. The summed E-state index contributed by atoms with van der Waals surface area (Å²) in [5.41, 5.74) is 1.94. The van der Waals surface area contributed by atoms with Gasteiger partial charge in [0.1, 0.15) is 5.69 Å². The first-order valence-corrected chi connectivity index (χ1v) is 8.87. The minimum atomic E-state index is 0.0517. The van der Waals surface area contributed by atoms with Crippen LogP contribution in [0, 0.1) is 6.92 Å². The Labute approximate surface area is 141 Å². The van der Waals surface area contributed by atoms with Crippen LogP contribution < -0.4 is 0 Å². The van der Waals surface area contributed by atoms with Gasteiger partial charge in [-0.2, -0.15) is 4.37 Å². The maximum Gasteiger partial charge on any atom is 0.273 e. The number of rotatable bonds is 4. The lowest BCUT2D eigenvalue weighted by Gasteiger charge is -2.36. The molecular formula is C18H23N3OS. The molecule has 0 N–H and O–H groups in total. The van der Waals surface area contributed by atoms with E-state index in [0.717, 1.165) is 37.4 Å². The van der Waals surface area contributed by atoms with Crippen molar-refractivity contribution in [3.8, 4) is 0 Å². The lowest BCUT2D eigenvalue weighted by molar-refractivity contribution is 0.0632. The van der Waals surface area contributed by atoms with Gasteiger partial charge in [0.25, 0.3) is 5.91 Å². The molecule has 4 nitrogen and oxygen atoms in total. The summed E-state index contributed by atoms with van der Waals surface area (Å²) in [6.07, 6.45) is 2.05. The first kappa shape index (κ1) is 16.1. The Morgan fingerprint density at radius 1 is 1.30 bits per heavy atom. The van der Waals surface area contributed by atoms with Crippen LogP contribution in [-0.4, -0.2) is 46.3 Å².